The summed E-state index contributed by atoms with van der Waals surface area (Å²) in [6, 6.07) is 28.8. The van der Waals surface area contributed by atoms with Crippen molar-refractivity contribution in [2.75, 3.05) is 19.0 Å². The minimum atomic E-state index is -4.94. The summed E-state index contributed by atoms with van der Waals surface area (Å²) in [7, 11) is -0.502. The fourth-order valence-electron chi connectivity index (χ4n) is 7.47. The Kier molecular flexibility index (Phi) is 9.60. The smallest absolute Gasteiger partial charge is 0.209 e. The first-order chi connectivity index (χ1) is 21.8. The standard InChI is InChI=1S/C39H43N2.ClHO4/c1-7-38(3)31-18-12-14-20-33(31)40(5)35(38)26-24-29-22-23-30(37(29)28-16-10-9-11-17-28)25-27-36-39(4,8-2)32-19-13-15-21-34(32)41(36)6;2-1(3,4)5/h9-21,24-27H,7-8,22-23H2,1-6H3;(H,2,3,4,5)/q+1;/p-1. The van der Waals surface area contributed by atoms with E-state index in [-0.39, 0.29) is 10.8 Å². The van der Waals surface area contributed by atoms with Gasteiger partial charge in [-0.3, -0.25) is 0 Å². The Bertz CT molecular complexity index is 1760. The molecule has 46 heavy (non-hydrogen) atoms. The minimum Gasteiger partial charge on any atom is -0.347 e. The van der Waals surface area contributed by atoms with Gasteiger partial charge in [0.25, 0.3) is 0 Å². The van der Waals surface area contributed by atoms with E-state index in [1.54, 1.807) is 0 Å². The molecule has 6 rings (SSSR count). The van der Waals surface area contributed by atoms with E-state index in [1.165, 1.54) is 56.2 Å². The lowest BCUT2D eigenvalue weighted by molar-refractivity contribution is -2.00. The molecule has 2 heterocycles. The van der Waals surface area contributed by atoms with Crippen molar-refractivity contribution in [1.82, 2.24) is 0 Å². The molecule has 0 saturated heterocycles. The van der Waals surface area contributed by atoms with Crippen molar-refractivity contribution in [2.45, 2.75) is 64.2 Å². The monoisotopic (exact) mass is 638 g/mol. The van der Waals surface area contributed by atoms with E-state index in [4.69, 9.17) is 18.6 Å². The summed E-state index contributed by atoms with van der Waals surface area (Å²) >= 11 is 0. The van der Waals surface area contributed by atoms with Crippen LogP contribution in [-0.4, -0.2) is 24.4 Å². The van der Waals surface area contributed by atoms with E-state index < -0.39 is 10.2 Å². The highest BCUT2D eigenvalue weighted by molar-refractivity contribution is 6.04. The largest absolute Gasteiger partial charge is 0.347 e. The number of hydrogen-bond acceptors (Lipinski definition) is 5. The highest BCUT2D eigenvalue weighted by Gasteiger charge is 2.45. The predicted molar refractivity (Wildman–Crippen MR) is 175 cm³/mol. The second-order valence-corrected chi connectivity index (χ2v) is 13.4. The normalized spacial score (nSPS) is 24.3. The van der Waals surface area contributed by atoms with Crippen molar-refractivity contribution in [2.24, 2.45) is 0 Å². The first-order valence-corrected chi connectivity index (χ1v) is 17.1. The molecule has 3 aromatic rings. The van der Waals surface area contributed by atoms with Gasteiger partial charge in [0, 0.05) is 41.6 Å². The molecule has 3 aliphatic rings. The van der Waals surface area contributed by atoms with Gasteiger partial charge in [0.15, 0.2) is 5.71 Å². The summed E-state index contributed by atoms with van der Waals surface area (Å²) in [6.45, 7) is 9.42. The van der Waals surface area contributed by atoms with Gasteiger partial charge in [-0.15, -0.1) is 10.2 Å². The Hall–Kier alpha value is -3.78. The van der Waals surface area contributed by atoms with Crippen LogP contribution in [-0.2, 0) is 10.8 Å². The molecule has 0 saturated carbocycles. The van der Waals surface area contributed by atoms with Crippen molar-refractivity contribution in [3.05, 3.63) is 137 Å². The van der Waals surface area contributed by atoms with Crippen molar-refractivity contribution < 1.29 is 33.5 Å². The van der Waals surface area contributed by atoms with E-state index in [0.29, 0.717) is 0 Å². The third-order valence-corrected chi connectivity index (χ3v) is 10.2. The fraction of sp³-hybridized carbons (Fsp3) is 0.308. The average Bonchev–Trinajstić information content (AvgIpc) is 3.62. The topological polar surface area (TPSA) is 98.5 Å². The number of anilines is 1. The van der Waals surface area contributed by atoms with Gasteiger partial charge in [0.1, 0.15) is 7.05 Å². The Morgan fingerprint density at radius 2 is 1.35 bits per heavy atom. The summed E-state index contributed by atoms with van der Waals surface area (Å²) < 4.78 is 36.4. The second kappa shape index (κ2) is 13.1. The van der Waals surface area contributed by atoms with E-state index in [9.17, 15) is 0 Å². The zero-order valence-electron chi connectivity index (χ0n) is 27.5. The number of nitrogens with zero attached hydrogens (tertiary/aromatic N) is 2. The van der Waals surface area contributed by atoms with Crippen molar-refractivity contribution >= 4 is 22.7 Å². The number of fused-ring (bicyclic) bond motifs is 2. The average molecular weight is 639 g/mol. The molecule has 3 aromatic carbocycles. The Labute approximate surface area is 275 Å². The maximum absolute atomic E-state index is 8.49. The Morgan fingerprint density at radius 3 is 2.00 bits per heavy atom. The minimum absolute atomic E-state index is 0.0175. The zero-order chi connectivity index (χ0) is 33.3. The molecule has 0 amide bonds. The number of benzene rings is 3. The predicted octanol–water partition coefficient (Wildman–Crippen LogP) is 4.76. The Balaban J connectivity index is 0.000000775. The lowest BCUT2D eigenvalue weighted by Gasteiger charge is -2.27. The van der Waals surface area contributed by atoms with Gasteiger partial charge in [0.2, 0.25) is 5.69 Å². The van der Waals surface area contributed by atoms with Gasteiger partial charge in [-0.25, -0.2) is 18.6 Å². The van der Waals surface area contributed by atoms with E-state index in [1.807, 2.05) is 0 Å². The molecule has 2 unspecified atom stereocenters. The number of rotatable bonds is 6. The van der Waals surface area contributed by atoms with Gasteiger partial charge in [-0.2, -0.15) is 4.58 Å². The van der Waals surface area contributed by atoms with Crippen LogP contribution in [0.5, 0.6) is 0 Å². The summed E-state index contributed by atoms with van der Waals surface area (Å²) in [5.41, 5.74) is 13.9. The lowest BCUT2D eigenvalue weighted by Crippen LogP contribution is -2.68. The van der Waals surface area contributed by atoms with Crippen LogP contribution in [0.3, 0.4) is 0 Å². The third-order valence-electron chi connectivity index (χ3n) is 10.2. The van der Waals surface area contributed by atoms with E-state index >= 15 is 0 Å². The van der Waals surface area contributed by atoms with Gasteiger partial charge in [0.05, 0.1) is 5.41 Å². The SMILES string of the molecule is CCC1(C)C(/C=C/C2=C(c3ccccc3)C(=C/C=C3/N(C)c4ccccc4C3(C)CC)/CC2)=[N+](C)c2ccccc21.[O-][Cl+3]([O-])([O-])[O-]. The van der Waals surface area contributed by atoms with Gasteiger partial charge in [-0.1, -0.05) is 92.7 Å². The molecule has 0 aromatic heterocycles. The van der Waals surface area contributed by atoms with Crippen molar-refractivity contribution in [3.63, 3.8) is 0 Å². The van der Waals surface area contributed by atoms with E-state index in [2.05, 4.69) is 154 Å². The molecule has 0 bridgehead atoms. The molecule has 2 aliphatic heterocycles. The quantitative estimate of drug-likeness (QED) is 0.363. The number of halogens is 1. The molecule has 1 aliphatic carbocycles. The molecule has 7 heteroatoms. The molecular weight excluding hydrogens is 596 g/mol. The van der Waals surface area contributed by atoms with Crippen molar-refractivity contribution in [1.29, 1.82) is 0 Å². The summed E-state index contributed by atoms with van der Waals surface area (Å²) in [4.78, 5) is 2.40. The van der Waals surface area contributed by atoms with Crippen LogP contribution in [0.25, 0.3) is 5.57 Å². The maximum Gasteiger partial charge on any atom is 0.209 e. The molecule has 0 spiro atoms. The molecule has 2 atom stereocenters. The van der Waals surface area contributed by atoms with Crippen LogP contribution < -0.4 is 23.5 Å². The lowest BCUT2D eigenvalue weighted by atomic mass is 9.77. The van der Waals surface area contributed by atoms with Crippen molar-refractivity contribution in [3.8, 4) is 0 Å². The third kappa shape index (κ3) is 6.28. The summed E-state index contributed by atoms with van der Waals surface area (Å²) in [5, 5.41) is 0. The summed E-state index contributed by atoms with van der Waals surface area (Å²) in [5.74, 6) is 0. The number of para-hydroxylation sites is 2. The van der Waals surface area contributed by atoms with Gasteiger partial charge in [-0.05, 0) is 79.5 Å². The van der Waals surface area contributed by atoms with Gasteiger partial charge >= 0.3 is 0 Å². The van der Waals surface area contributed by atoms with Gasteiger partial charge < -0.3 is 4.90 Å². The number of hydrogen-bond donors (Lipinski definition) is 0. The molecular formula is C39H43ClN2O4. The molecule has 240 valence electrons. The highest BCUT2D eigenvalue weighted by atomic mass is 35.7. The molecule has 0 fully saturated rings. The second-order valence-electron chi connectivity index (χ2n) is 12.6. The van der Waals surface area contributed by atoms with Crippen LogP contribution in [0.4, 0.5) is 11.4 Å². The zero-order valence-corrected chi connectivity index (χ0v) is 28.3. The van der Waals surface area contributed by atoms with Crippen LogP contribution in [0.15, 0.2) is 120 Å². The number of likely N-dealkylation sites (N-methyl/N-ethyl adjacent to an activating group) is 1. The molecule has 0 radical (unpaired) electrons. The Morgan fingerprint density at radius 1 is 0.761 bits per heavy atom. The maximum atomic E-state index is 8.49. The van der Waals surface area contributed by atoms with Crippen LogP contribution in [0.1, 0.15) is 70.1 Å². The highest BCUT2D eigenvalue weighted by Crippen LogP contribution is 2.49. The van der Waals surface area contributed by atoms with Crippen LogP contribution in [0, 0.1) is 10.2 Å². The van der Waals surface area contributed by atoms with E-state index in [0.717, 1.165) is 25.7 Å². The molecule has 0 N–H and O–H groups in total. The first-order valence-electron chi connectivity index (χ1n) is 15.9. The number of allylic oxidation sites excluding steroid dienone is 8. The van der Waals surface area contributed by atoms with Crippen LogP contribution >= 0.6 is 0 Å². The fourth-order valence-corrected chi connectivity index (χ4v) is 7.47. The summed E-state index contributed by atoms with van der Waals surface area (Å²) in [6.07, 6.45) is 13.9. The van der Waals surface area contributed by atoms with Crippen LogP contribution in [0.2, 0.25) is 0 Å². The first kappa shape index (κ1) is 33.6. The molecule has 6 nitrogen and oxygen atoms in total.